The third-order valence-electron chi connectivity index (χ3n) is 2.78. The molecule has 0 spiro atoms. The molecule has 3 nitrogen and oxygen atoms in total. The van der Waals surface area contributed by atoms with Crippen LogP contribution in [0.25, 0.3) is 0 Å². The van der Waals surface area contributed by atoms with Gasteiger partial charge in [-0.25, -0.2) is 0 Å². The summed E-state index contributed by atoms with van der Waals surface area (Å²) in [6.45, 7) is 2.89. The first kappa shape index (κ1) is 10.5. The van der Waals surface area contributed by atoms with Crippen molar-refractivity contribution in [3.05, 3.63) is 0 Å². The molecule has 0 radical (unpaired) electrons. The van der Waals surface area contributed by atoms with Gasteiger partial charge in [0.15, 0.2) is 0 Å². The van der Waals surface area contributed by atoms with Crippen LogP contribution in [-0.2, 0) is 4.79 Å². The third kappa shape index (κ3) is 3.77. The van der Waals surface area contributed by atoms with E-state index in [4.69, 9.17) is 5.11 Å². The van der Waals surface area contributed by atoms with Crippen molar-refractivity contribution in [3.63, 3.8) is 0 Å². The lowest BCUT2D eigenvalue weighted by molar-refractivity contribution is -0.141. The summed E-state index contributed by atoms with van der Waals surface area (Å²) in [6.07, 6.45) is 5.58. The van der Waals surface area contributed by atoms with Crippen molar-refractivity contribution in [3.8, 4) is 0 Å². The number of rotatable bonds is 4. The maximum atomic E-state index is 10.6. The van der Waals surface area contributed by atoms with E-state index in [1.165, 1.54) is 19.3 Å². The summed E-state index contributed by atoms with van der Waals surface area (Å²) in [7, 11) is 0. The first-order chi connectivity index (χ1) is 6.20. The Bertz CT molecular complexity index is 164. The lowest BCUT2D eigenvalue weighted by Crippen LogP contribution is -2.34. The molecule has 13 heavy (non-hydrogen) atoms. The molecule has 1 heterocycles. The van der Waals surface area contributed by atoms with E-state index in [9.17, 15) is 4.79 Å². The minimum Gasteiger partial charge on any atom is -0.481 e. The predicted molar refractivity (Wildman–Crippen MR) is 51.7 cm³/mol. The number of hydrogen-bond donors (Lipinski definition) is 2. The molecule has 0 bridgehead atoms. The highest BCUT2D eigenvalue weighted by Gasteiger charge is 2.16. The molecule has 0 saturated carbocycles. The number of carbonyl (C=O) groups is 1. The fourth-order valence-corrected chi connectivity index (χ4v) is 1.75. The first-order valence-corrected chi connectivity index (χ1v) is 5.16. The molecule has 0 aromatic rings. The Morgan fingerprint density at radius 1 is 1.62 bits per heavy atom. The normalized spacial score (nSPS) is 25.5. The highest BCUT2D eigenvalue weighted by molar-refractivity contribution is 5.69. The molecule has 1 aliphatic heterocycles. The molecule has 1 fully saturated rings. The highest BCUT2D eigenvalue weighted by Crippen LogP contribution is 2.15. The van der Waals surface area contributed by atoms with Crippen LogP contribution in [0.2, 0.25) is 0 Å². The van der Waals surface area contributed by atoms with Gasteiger partial charge in [0, 0.05) is 6.04 Å². The smallest absolute Gasteiger partial charge is 0.306 e. The van der Waals surface area contributed by atoms with Gasteiger partial charge < -0.3 is 10.4 Å². The van der Waals surface area contributed by atoms with E-state index in [1.807, 2.05) is 0 Å². The van der Waals surface area contributed by atoms with E-state index in [-0.39, 0.29) is 5.92 Å². The number of piperidine rings is 1. The van der Waals surface area contributed by atoms with Gasteiger partial charge in [-0.2, -0.15) is 0 Å². The summed E-state index contributed by atoms with van der Waals surface area (Å²) < 4.78 is 0. The monoisotopic (exact) mass is 185 g/mol. The average molecular weight is 185 g/mol. The summed E-state index contributed by atoms with van der Waals surface area (Å²) in [6, 6.07) is 0.565. The van der Waals surface area contributed by atoms with Crippen molar-refractivity contribution in [2.75, 3.05) is 6.54 Å². The van der Waals surface area contributed by atoms with E-state index in [2.05, 4.69) is 5.32 Å². The van der Waals surface area contributed by atoms with Crippen LogP contribution >= 0.6 is 0 Å². The third-order valence-corrected chi connectivity index (χ3v) is 2.78. The van der Waals surface area contributed by atoms with Gasteiger partial charge in [0.25, 0.3) is 0 Å². The van der Waals surface area contributed by atoms with Gasteiger partial charge in [0.05, 0.1) is 5.92 Å². The predicted octanol–water partition coefficient (Wildman–Crippen LogP) is 1.63. The number of nitrogens with one attached hydrogen (secondary N) is 1. The second kappa shape index (κ2) is 5.22. The molecule has 0 amide bonds. The van der Waals surface area contributed by atoms with Crippen molar-refractivity contribution >= 4 is 5.97 Å². The molecular formula is C10H19NO2. The summed E-state index contributed by atoms with van der Waals surface area (Å²) in [5.74, 6) is -0.862. The molecule has 2 N–H and O–H groups in total. The second-order valence-electron chi connectivity index (χ2n) is 3.96. The zero-order valence-electron chi connectivity index (χ0n) is 8.25. The van der Waals surface area contributed by atoms with E-state index < -0.39 is 5.97 Å². The molecule has 2 unspecified atom stereocenters. The number of hydrogen-bond acceptors (Lipinski definition) is 2. The molecule has 76 valence electrons. The minimum absolute atomic E-state index is 0.191. The second-order valence-corrected chi connectivity index (χ2v) is 3.96. The van der Waals surface area contributed by atoms with Gasteiger partial charge >= 0.3 is 5.97 Å². The van der Waals surface area contributed by atoms with Crippen molar-refractivity contribution in [2.45, 2.75) is 45.1 Å². The van der Waals surface area contributed by atoms with E-state index in [1.54, 1.807) is 6.92 Å². The zero-order chi connectivity index (χ0) is 9.68. The van der Waals surface area contributed by atoms with Crippen molar-refractivity contribution in [2.24, 2.45) is 5.92 Å². The first-order valence-electron chi connectivity index (χ1n) is 5.16. The van der Waals surface area contributed by atoms with Crippen molar-refractivity contribution < 1.29 is 9.90 Å². The molecule has 0 aliphatic carbocycles. The molecule has 1 saturated heterocycles. The Kier molecular flexibility index (Phi) is 4.22. The molecule has 0 aromatic carbocycles. The van der Waals surface area contributed by atoms with Gasteiger partial charge in [-0.15, -0.1) is 0 Å². The van der Waals surface area contributed by atoms with Gasteiger partial charge in [0.2, 0.25) is 0 Å². The van der Waals surface area contributed by atoms with Gasteiger partial charge in [0.1, 0.15) is 0 Å². The Morgan fingerprint density at radius 3 is 2.92 bits per heavy atom. The van der Waals surface area contributed by atoms with Gasteiger partial charge in [-0.05, 0) is 32.2 Å². The van der Waals surface area contributed by atoms with Crippen LogP contribution in [0.5, 0.6) is 0 Å². The lowest BCUT2D eigenvalue weighted by atomic mass is 9.96. The van der Waals surface area contributed by atoms with E-state index in [0.717, 1.165) is 19.4 Å². The summed E-state index contributed by atoms with van der Waals surface area (Å²) >= 11 is 0. The molecule has 1 aliphatic rings. The van der Waals surface area contributed by atoms with Crippen molar-refractivity contribution in [1.82, 2.24) is 5.32 Å². The van der Waals surface area contributed by atoms with Crippen LogP contribution in [0, 0.1) is 5.92 Å². The number of aliphatic carboxylic acids is 1. The highest BCUT2D eigenvalue weighted by atomic mass is 16.4. The van der Waals surface area contributed by atoms with Crippen LogP contribution in [0.3, 0.4) is 0 Å². The van der Waals surface area contributed by atoms with Crippen LogP contribution < -0.4 is 5.32 Å². The Balaban J connectivity index is 2.13. The summed E-state index contributed by atoms with van der Waals surface area (Å²) in [5.41, 5.74) is 0. The molecule has 1 rings (SSSR count). The van der Waals surface area contributed by atoms with Crippen LogP contribution in [0.15, 0.2) is 0 Å². The summed E-state index contributed by atoms with van der Waals surface area (Å²) in [4.78, 5) is 10.6. The van der Waals surface area contributed by atoms with Crippen molar-refractivity contribution in [1.29, 1.82) is 0 Å². The molecule has 2 atom stereocenters. The van der Waals surface area contributed by atoms with Gasteiger partial charge in [-0.3, -0.25) is 4.79 Å². The topological polar surface area (TPSA) is 49.3 Å². The molecule has 0 aromatic heterocycles. The fourth-order valence-electron chi connectivity index (χ4n) is 1.75. The Hall–Kier alpha value is -0.570. The molecule has 3 heteroatoms. The number of carboxylic acids is 1. The Morgan fingerprint density at radius 2 is 2.38 bits per heavy atom. The van der Waals surface area contributed by atoms with E-state index >= 15 is 0 Å². The number of carboxylic acid groups (broad SMARTS) is 1. The fraction of sp³-hybridized carbons (Fsp3) is 0.900. The average Bonchev–Trinajstić information content (AvgIpc) is 2.15. The quantitative estimate of drug-likeness (QED) is 0.700. The summed E-state index contributed by atoms with van der Waals surface area (Å²) in [5, 5.41) is 12.1. The van der Waals surface area contributed by atoms with Crippen LogP contribution in [0.4, 0.5) is 0 Å². The van der Waals surface area contributed by atoms with E-state index in [0.29, 0.717) is 6.04 Å². The maximum absolute atomic E-state index is 10.6. The molecular weight excluding hydrogens is 166 g/mol. The van der Waals surface area contributed by atoms with Crippen LogP contribution in [-0.4, -0.2) is 23.7 Å². The lowest BCUT2D eigenvalue weighted by Gasteiger charge is -2.23. The standard InChI is InChI=1S/C10H19NO2/c1-8(10(12)13)5-6-9-4-2-3-7-11-9/h8-9,11H,2-7H2,1H3,(H,12,13). The minimum atomic E-state index is -0.671. The zero-order valence-corrected chi connectivity index (χ0v) is 8.25. The largest absolute Gasteiger partial charge is 0.481 e. The van der Waals surface area contributed by atoms with Gasteiger partial charge in [-0.1, -0.05) is 13.3 Å². The van der Waals surface area contributed by atoms with Crippen LogP contribution in [0.1, 0.15) is 39.0 Å². The SMILES string of the molecule is CC(CCC1CCCCN1)C(=O)O. The Labute approximate surface area is 79.5 Å². The maximum Gasteiger partial charge on any atom is 0.306 e.